The molecule has 0 aromatic heterocycles. The minimum absolute atomic E-state index is 0.0583. The van der Waals surface area contributed by atoms with Crippen molar-refractivity contribution in [1.82, 2.24) is 0 Å². The third kappa shape index (κ3) is 2.63. The maximum Gasteiger partial charge on any atom is 0.416 e. The van der Waals surface area contributed by atoms with Gasteiger partial charge in [-0.15, -0.1) is 0 Å². The molecule has 1 aliphatic heterocycles. The molecule has 0 radical (unpaired) electrons. The van der Waals surface area contributed by atoms with Gasteiger partial charge < -0.3 is 4.90 Å². The van der Waals surface area contributed by atoms with Crippen molar-refractivity contribution in [2.45, 2.75) is 19.5 Å². The molecule has 1 amide bonds. The second kappa shape index (κ2) is 4.92. The minimum atomic E-state index is -4.41. The van der Waals surface area contributed by atoms with Crippen LogP contribution in [0.15, 0.2) is 24.3 Å². The SMILES string of the molecule is CCC1CN(c2cccc(C(F)(F)F)c2)C(=O)C1=S. The summed E-state index contributed by atoms with van der Waals surface area (Å²) in [6, 6.07) is 4.76. The van der Waals surface area contributed by atoms with Crippen molar-refractivity contribution in [2.24, 2.45) is 5.92 Å². The fraction of sp³-hybridized carbons (Fsp3) is 0.385. The van der Waals surface area contributed by atoms with E-state index < -0.39 is 11.7 Å². The van der Waals surface area contributed by atoms with E-state index in [1.807, 2.05) is 6.92 Å². The Morgan fingerprint density at radius 1 is 1.42 bits per heavy atom. The predicted molar refractivity (Wildman–Crippen MR) is 70.2 cm³/mol. The molecular formula is C13H12F3NOS. The summed E-state index contributed by atoms with van der Waals surface area (Å²) in [5, 5.41) is 0. The Bertz CT molecular complexity index is 527. The average Bonchev–Trinajstić information content (AvgIpc) is 2.65. The van der Waals surface area contributed by atoms with E-state index in [1.54, 1.807) is 0 Å². The molecule has 1 aliphatic rings. The molecule has 0 N–H and O–H groups in total. The van der Waals surface area contributed by atoms with Crippen LogP contribution >= 0.6 is 12.2 Å². The van der Waals surface area contributed by atoms with Gasteiger partial charge >= 0.3 is 6.18 Å². The summed E-state index contributed by atoms with van der Waals surface area (Å²) in [6.07, 6.45) is -3.70. The van der Waals surface area contributed by atoms with Crippen molar-refractivity contribution in [1.29, 1.82) is 0 Å². The number of amides is 1. The standard InChI is InChI=1S/C13H12F3NOS/c1-2-8-7-17(12(18)11(8)19)10-5-3-4-9(6-10)13(14,15)16/h3-6,8H,2,7H2,1H3. The number of alkyl halides is 3. The first-order valence-corrected chi connectivity index (χ1v) is 6.28. The zero-order valence-corrected chi connectivity index (χ0v) is 11.0. The summed E-state index contributed by atoms with van der Waals surface area (Å²) in [5.74, 6) is -0.418. The summed E-state index contributed by atoms with van der Waals surface area (Å²) >= 11 is 5.03. The first-order chi connectivity index (χ1) is 8.84. The molecule has 102 valence electrons. The number of carbonyl (C=O) groups is 1. The van der Waals surface area contributed by atoms with E-state index in [4.69, 9.17) is 12.2 Å². The molecule has 1 heterocycles. The van der Waals surface area contributed by atoms with Crippen LogP contribution in [0.5, 0.6) is 0 Å². The zero-order valence-electron chi connectivity index (χ0n) is 10.2. The van der Waals surface area contributed by atoms with Crippen LogP contribution in [0.2, 0.25) is 0 Å². The quantitative estimate of drug-likeness (QED) is 0.777. The number of thiocarbonyl (C=S) groups is 1. The third-order valence-electron chi connectivity index (χ3n) is 3.21. The first kappa shape index (κ1) is 14.0. The Kier molecular flexibility index (Phi) is 3.62. The van der Waals surface area contributed by atoms with Crippen molar-refractivity contribution in [3.8, 4) is 0 Å². The van der Waals surface area contributed by atoms with Gasteiger partial charge in [-0.1, -0.05) is 25.2 Å². The highest BCUT2D eigenvalue weighted by atomic mass is 32.1. The number of benzene rings is 1. The fourth-order valence-corrected chi connectivity index (χ4v) is 2.43. The number of carbonyl (C=O) groups excluding carboxylic acids is 1. The van der Waals surface area contributed by atoms with E-state index in [9.17, 15) is 18.0 Å². The summed E-state index contributed by atoms with van der Waals surface area (Å²) in [5.41, 5.74) is -0.512. The third-order valence-corrected chi connectivity index (χ3v) is 3.72. The van der Waals surface area contributed by atoms with Gasteiger partial charge in [0, 0.05) is 18.2 Å². The van der Waals surface area contributed by atoms with Gasteiger partial charge in [0.1, 0.15) is 0 Å². The van der Waals surface area contributed by atoms with Crippen LogP contribution in [0, 0.1) is 5.92 Å². The van der Waals surface area contributed by atoms with E-state index in [2.05, 4.69) is 0 Å². The van der Waals surface area contributed by atoms with Crippen molar-refractivity contribution in [3.63, 3.8) is 0 Å². The summed E-state index contributed by atoms with van der Waals surface area (Å²) in [6.45, 7) is 2.26. The van der Waals surface area contributed by atoms with E-state index in [0.717, 1.165) is 12.1 Å². The monoisotopic (exact) mass is 287 g/mol. The van der Waals surface area contributed by atoms with Gasteiger partial charge in [0.15, 0.2) is 0 Å². The minimum Gasteiger partial charge on any atom is -0.307 e. The molecule has 6 heteroatoms. The lowest BCUT2D eigenvalue weighted by atomic mass is 10.1. The predicted octanol–water partition coefficient (Wildman–Crippen LogP) is 3.45. The Morgan fingerprint density at radius 3 is 2.63 bits per heavy atom. The van der Waals surface area contributed by atoms with Crippen molar-refractivity contribution >= 4 is 28.7 Å². The maximum absolute atomic E-state index is 12.6. The van der Waals surface area contributed by atoms with Crippen LogP contribution in [0.4, 0.5) is 18.9 Å². The fourth-order valence-electron chi connectivity index (χ4n) is 2.08. The number of nitrogens with zero attached hydrogens (tertiary/aromatic N) is 1. The van der Waals surface area contributed by atoms with Gasteiger partial charge in [0.2, 0.25) is 0 Å². The Labute approximate surface area is 114 Å². The lowest BCUT2D eigenvalue weighted by Gasteiger charge is -2.17. The number of rotatable bonds is 2. The van der Waals surface area contributed by atoms with Crippen LogP contribution in [0.25, 0.3) is 0 Å². The highest BCUT2D eigenvalue weighted by molar-refractivity contribution is 7.82. The van der Waals surface area contributed by atoms with Gasteiger partial charge in [-0.2, -0.15) is 13.2 Å². The van der Waals surface area contributed by atoms with Crippen molar-refractivity contribution in [2.75, 3.05) is 11.4 Å². The molecule has 1 aromatic rings. The molecule has 0 aliphatic carbocycles. The van der Waals surface area contributed by atoms with E-state index in [1.165, 1.54) is 17.0 Å². The van der Waals surface area contributed by atoms with Gasteiger partial charge in [0.05, 0.1) is 10.4 Å². The van der Waals surface area contributed by atoms with Crippen LogP contribution < -0.4 is 4.90 Å². The van der Waals surface area contributed by atoms with Crippen LogP contribution in [0.1, 0.15) is 18.9 Å². The van der Waals surface area contributed by atoms with Gasteiger partial charge in [0.25, 0.3) is 5.91 Å². The van der Waals surface area contributed by atoms with E-state index in [-0.39, 0.29) is 17.5 Å². The molecule has 0 spiro atoms. The Morgan fingerprint density at radius 2 is 2.11 bits per heavy atom. The number of anilines is 1. The molecule has 0 saturated carbocycles. The maximum atomic E-state index is 12.6. The van der Waals surface area contributed by atoms with Crippen molar-refractivity contribution in [3.05, 3.63) is 29.8 Å². The number of hydrogen-bond donors (Lipinski definition) is 0. The van der Waals surface area contributed by atoms with Crippen LogP contribution in [-0.2, 0) is 11.0 Å². The molecule has 2 rings (SSSR count). The smallest absolute Gasteiger partial charge is 0.307 e. The molecular weight excluding hydrogens is 275 g/mol. The number of hydrogen-bond acceptors (Lipinski definition) is 2. The van der Waals surface area contributed by atoms with E-state index >= 15 is 0 Å². The van der Waals surface area contributed by atoms with Crippen LogP contribution in [0.3, 0.4) is 0 Å². The number of halogens is 3. The molecule has 1 saturated heterocycles. The topological polar surface area (TPSA) is 20.3 Å². The molecule has 1 unspecified atom stereocenters. The lowest BCUT2D eigenvalue weighted by Crippen LogP contribution is -2.26. The lowest BCUT2D eigenvalue weighted by molar-refractivity contribution is -0.137. The van der Waals surface area contributed by atoms with Gasteiger partial charge in [-0.25, -0.2) is 0 Å². The molecule has 1 atom stereocenters. The highest BCUT2D eigenvalue weighted by Crippen LogP contribution is 2.33. The average molecular weight is 287 g/mol. The second-order valence-corrected chi connectivity index (χ2v) is 4.87. The molecule has 2 nitrogen and oxygen atoms in total. The summed E-state index contributed by atoms with van der Waals surface area (Å²) < 4.78 is 37.9. The molecule has 0 bridgehead atoms. The van der Waals surface area contributed by atoms with E-state index in [0.29, 0.717) is 17.8 Å². The van der Waals surface area contributed by atoms with Gasteiger partial charge in [-0.05, 0) is 24.6 Å². The highest BCUT2D eigenvalue weighted by Gasteiger charge is 2.36. The molecule has 19 heavy (non-hydrogen) atoms. The van der Waals surface area contributed by atoms with Crippen LogP contribution in [-0.4, -0.2) is 17.3 Å². The zero-order chi connectivity index (χ0) is 14.2. The summed E-state index contributed by atoms with van der Waals surface area (Å²) in [4.78, 5) is 13.6. The largest absolute Gasteiger partial charge is 0.416 e. The second-order valence-electron chi connectivity index (χ2n) is 4.43. The summed E-state index contributed by atoms with van der Waals surface area (Å²) in [7, 11) is 0. The Hall–Kier alpha value is -1.43. The molecule has 1 fully saturated rings. The first-order valence-electron chi connectivity index (χ1n) is 5.87. The molecule has 1 aromatic carbocycles. The normalized spacial score (nSPS) is 20.2. The van der Waals surface area contributed by atoms with Gasteiger partial charge in [-0.3, -0.25) is 4.79 Å². The van der Waals surface area contributed by atoms with Crippen molar-refractivity contribution < 1.29 is 18.0 Å². The Balaban J connectivity index is 2.33.